The normalized spacial score (nSPS) is 11.8. The van der Waals surface area contributed by atoms with E-state index in [1.165, 1.54) is 13.6 Å². The third kappa shape index (κ3) is 4.17. The largest absolute Gasteiger partial charge is 0.381 e. The maximum atomic E-state index is 14.0. The van der Waals surface area contributed by atoms with E-state index in [9.17, 15) is 9.59 Å². The van der Waals surface area contributed by atoms with Gasteiger partial charge in [-0.3, -0.25) is 18.8 Å². The summed E-state index contributed by atoms with van der Waals surface area (Å²) in [5.74, 6) is 5.98. The third-order valence-electron chi connectivity index (χ3n) is 6.16. The second-order valence-electron chi connectivity index (χ2n) is 8.85. The molecule has 6 aromatic rings. The van der Waals surface area contributed by atoms with Crippen molar-refractivity contribution in [1.29, 1.82) is 0 Å². The lowest BCUT2D eigenvalue weighted by molar-refractivity contribution is 0.0940. The number of nitrogens with one attached hydrogen (secondary N) is 1. The van der Waals surface area contributed by atoms with Gasteiger partial charge < -0.3 is 11.1 Å². The zero-order chi connectivity index (χ0) is 27.1. The molecule has 0 bridgehead atoms. The van der Waals surface area contributed by atoms with Crippen LogP contribution in [0.3, 0.4) is 0 Å². The summed E-state index contributed by atoms with van der Waals surface area (Å²) in [6.07, 6.45) is 8.33. The SMILES string of the molecule is C[C@H](NC(=O)c1c(N)nn2cccnc12)c1nn2ccc(C#Cc3cnn(C)c3)c2c(=O)n1-c1ccccc1. The van der Waals surface area contributed by atoms with Crippen LogP contribution in [-0.2, 0) is 7.05 Å². The molecule has 5 heterocycles. The van der Waals surface area contributed by atoms with Crippen molar-refractivity contribution in [3.05, 3.63) is 106 Å². The van der Waals surface area contributed by atoms with Gasteiger partial charge in [0.1, 0.15) is 11.1 Å². The first-order valence-corrected chi connectivity index (χ1v) is 12.0. The van der Waals surface area contributed by atoms with Crippen molar-refractivity contribution in [2.75, 3.05) is 5.73 Å². The number of nitrogens with zero attached hydrogens (tertiary/aromatic N) is 8. The van der Waals surface area contributed by atoms with Crippen LogP contribution in [0.5, 0.6) is 0 Å². The van der Waals surface area contributed by atoms with Gasteiger partial charge in [0.15, 0.2) is 17.3 Å². The number of nitrogens with two attached hydrogens (primary N) is 1. The van der Waals surface area contributed by atoms with Crippen LogP contribution in [0.2, 0.25) is 0 Å². The van der Waals surface area contributed by atoms with Gasteiger partial charge in [-0.1, -0.05) is 30.0 Å². The molecule has 0 radical (unpaired) electrons. The Morgan fingerprint density at radius 3 is 2.64 bits per heavy atom. The number of nitrogen functional groups attached to an aromatic ring is 1. The van der Waals surface area contributed by atoms with Crippen molar-refractivity contribution < 1.29 is 4.79 Å². The zero-order valence-electron chi connectivity index (χ0n) is 21.0. The van der Waals surface area contributed by atoms with E-state index in [4.69, 9.17) is 10.8 Å². The highest BCUT2D eigenvalue weighted by Crippen LogP contribution is 2.20. The summed E-state index contributed by atoms with van der Waals surface area (Å²) < 4.78 is 6.06. The summed E-state index contributed by atoms with van der Waals surface area (Å²) in [7, 11) is 1.81. The Balaban J connectivity index is 1.45. The molecule has 0 saturated heterocycles. The Morgan fingerprint density at radius 1 is 1.05 bits per heavy atom. The summed E-state index contributed by atoms with van der Waals surface area (Å²) in [4.78, 5) is 31.5. The minimum absolute atomic E-state index is 0.0458. The Kier molecular flexibility index (Phi) is 5.65. The number of anilines is 1. The maximum absolute atomic E-state index is 14.0. The highest BCUT2D eigenvalue weighted by molar-refractivity contribution is 6.04. The van der Waals surface area contributed by atoms with Crippen LogP contribution in [-0.4, -0.2) is 44.5 Å². The van der Waals surface area contributed by atoms with Crippen LogP contribution in [0, 0.1) is 11.8 Å². The summed E-state index contributed by atoms with van der Waals surface area (Å²) in [5, 5.41) is 15.9. The van der Waals surface area contributed by atoms with Gasteiger partial charge in [-0.05, 0) is 31.2 Å². The molecule has 0 fully saturated rings. The van der Waals surface area contributed by atoms with E-state index in [0.29, 0.717) is 28.2 Å². The number of benzene rings is 1. The highest BCUT2D eigenvalue weighted by atomic mass is 16.2. The standard InChI is InChI=1S/C27H22N10O2/c1-17(31-26(38)21-23(28)32-36-13-6-12-29-25(21)36)24-33-35-14-11-19(10-9-18-15-30-34(2)16-18)22(35)27(39)37(24)20-7-4-3-5-8-20/h3-8,11-17H,1-2H3,(H2,28,32)(H,31,38)/t17-/m0/s1. The van der Waals surface area contributed by atoms with E-state index < -0.39 is 11.9 Å². The molecule has 0 unspecified atom stereocenters. The first kappa shape index (κ1) is 23.7. The fourth-order valence-electron chi connectivity index (χ4n) is 4.37. The number of para-hydroxylation sites is 1. The predicted molar refractivity (Wildman–Crippen MR) is 143 cm³/mol. The number of carbonyl (C=O) groups is 1. The molecule has 192 valence electrons. The summed E-state index contributed by atoms with van der Waals surface area (Å²) in [6.45, 7) is 1.74. The number of carbonyl (C=O) groups excluding carboxylic acids is 1. The highest BCUT2D eigenvalue weighted by Gasteiger charge is 2.25. The molecule has 3 N–H and O–H groups in total. The van der Waals surface area contributed by atoms with Crippen LogP contribution < -0.4 is 16.6 Å². The molecule has 6 rings (SSSR count). The van der Waals surface area contributed by atoms with Gasteiger partial charge in [-0.2, -0.15) is 10.2 Å². The molecular formula is C27H22N10O2. The van der Waals surface area contributed by atoms with E-state index >= 15 is 0 Å². The number of fused-ring (bicyclic) bond motifs is 2. The predicted octanol–water partition coefficient (Wildman–Crippen LogP) is 1.73. The smallest absolute Gasteiger partial charge is 0.283 e. The van der Waals surface area contributed by atoms with Crippen molar-refractivity contribution in [2.24, 2.45) is 7.05 Å². The van der Waals surface area contributed by atoms with E-state index in [2.05, 4.69) is 32.3 Å². The molecular weight excluding hydrogens is 496 g/mol. The third-order valence-corrected chi connectivity index (χ3v) is 6.16. The molecule has 39 heavy (non-hydrogen) atoms. The number of amides is 1. The molecule has 0 aliphatic heterocycles. The molecule has 1 atom stereocenters. The van der Waals surface area contributed by atoms with Crippen LogP contribution in [0.15, 0.2) is 78.2 Å². The lowest BCUT2D eigenvalue weighted by Gasteiger charge is -2.19. The molecule has 12 nitrogen and oxygen atoms in total. The molecule has 0 aliphatic carbocycles. The van der Waals surface area contributed by atoms with Crippen LogP contribution in [0.4, 0.5) is 5.82 Å². The fraction of sp³-hybridized carbons (Fsp3) is 0.111. The van der Waals surface area contributed by atoms with Crippen molar-refractivity contribution in [3.63, 3.8) is 0 Å². The minimum Gasteiger partial charge on any atom is -0.381 e. The van der Waals surface area contributed by atoms with E-state index in [1.54, 1.807) is 66.9 Å². The average molecular weight is 519 g/mol. The van der Waals surface area contributed by atoms with E-state index in [1.807, 2.05) is 25.2 Å². The summed E-state index contributed by atoms with van der Waals surface area (Å²) >= 11 is 0. The summed E-state index contributed by atoms with van der Waals surface area (Å²) in [6, 6.07) is 11.8. The van der Waals surface area contributed by atoms with Crippen molar-refractivity contribution in [1.82, 2.24) is 43.9 Å². The van der Waals surface area contributed by atoms with E-state index in [0.717, 1.165) is 5.56 Å². The van der Waals surface area contributed by atoms with Gasteiger partial charge in [0.2, 0.25) is 0 Å². The lowest BCUT2D eigenvalue weighted by Crippen LogP contribution is -2.34. The van der Waals surface area contributed by atoms with Crippen molar-refractivity contribution >= 4 is 22.9 Å². The number of rotatable bonds is 4. The molecule has 0 spiro atoms. The summed E-state index contributed by atoms with van der Waals surface area (Å²) in [5.41, 5.74) is 8.33. The van der Waals surface area contributed by atoms with Crippen molar-refractivity contribution in [2.45, 2.75) is 13.0 Å². The Morgan fingerprint density at radius 2 is 1.87 bits per heavy atom. The van der Waals surface area contributed by atoms with Crippen LogP contribution in [0.25, 0.3) is 16.9 Å². The number of aromatic nitrogens is 8. The molecule has 5 aromatic heterocycles. The first-order chi connectivity index (χ1) is 18.9. The Labute approximate surface area is 221 Å². The monoisotopic (exact) mass is 518 g/mol. The van der Waals surface area contributed by atoms with E-state index in [-0.39, 0.29) is 16.9 Å². The molecule has 1 amide bonds. The second kappa shape index (κ2) is 9.31. The molecule has 0 aliphatic rings. The molecule has 12 heteroatoms. The molecule has 1 aromatic carbocycles. The number of aryl methyl sites for hydroxylation is 1. The van der Waals surface area contributed by atoms with Crippen LogP contribution in [0.1, 0.15) is 40.3 Å². The average Bonchev–Trinajstić information content (AvgIpc) is 3.63. The Hall–Kier alpha value is -5.70. The zero-order valence-corrected chi connectivity index (χ0v) is 21.0. The Bertz CT molecular complexity index is 1990. The number of hydrogen-bond donors (Lipinski definition) is 2. The van der Waals surface area contributed by atoms with Gasteiger partial charge in [0, 0.05) is 31.8 Å². The quantitative estimate of drug-likeness (QED) is 0.339. The van der Waals surface area contributed by atoms with Gasteiger partial charge in [-0.15, -0.1) is 5.10 Å². The number of hydrogen-bond acceptors (Lipinski definition) is 7. The maximum Gasteiger partial charge on any atom is 0.283 e. The van der Waals surface area contributed by atoms with Crippen LogP contribution >= 0.6 is 0 Å². The topological polar surface area (TPSA) is 142 Å². The fourth-order valence-corrected chi connectivity index (χ4v) is 4.37. The second-order valence-corrected chi connectivity index (χ2v) is 8.85. The van der Waals surface area contributed by atoms with Gasteiger partial charge >= 0.3 is 0 Å². The van der Waals surface area contributed by atoms with Gasteiger partial charge in [-0.25, -0.2) is 14.0 Å². The lowest BCUT2D eigenvalue weighted by atomic mass is 10.2. The van der Waals surface area contributed by atoms with Gasteiger partial charge in [0.05, 0.1) is 29.1 Å². The van der Waals surface area contributed by atoms with Crippen molar-refractivity contribution in [3.8, 4) is 17.5 Å². The minimum atomic E-state index is -0.694. The first-order valence-electron chi connectivity index (χ1n) is 12.0. The van der Waals surface area contributed by atoms with Gasteiger partial charge in [0.25, 0.3) is 11.5 Å². The molecule has 0 saturated carbocycles.